The van der Waals surface area contributed by atoms with Crippen molar-refractivity contribution in [3.8, 4) is 0 Å². The Morgan fingerprint density at radius 1 is 1.22 bits per heavy atom. The molecule has 0 heterocycles. The van der Waals surface area contributed by atoms with Crippen molar-refractivity contribution in [3.05, 3.63) is 39.9 Å². The number of imide groups is 1. The van der Waals surface area contributed by atoms with Gasteiger partial charge in [0.25, 0.3) is 5.91 Å². The molecule has 1 rings (SSSR count). The SMILES string of the molecule is CC(C)[C@@H](OC(=O)/C=C/c1c(Cl)cccc1Cl)C(=O)NC(N)=O. The van der Waals surface area contributed by atoms with E-state index in [1.165, 1.54) is 6.08 Å². The third-order valence-electron chi connectivity index (χ3n) is 2.74. The van der Waals surface area contributed by atoms with Crippen LogP contribution in [-0.2, 0) is 14.3 Å². The fourth-order valence-corrected chi connectivity index (χ4v) is 2.19. The van der Waals surface area contributed by atoms with E-state index in [0.29, 0.717) is 15.6 Å². The predicted octanol–water partition coefficient (Wildman–Crippen LogP) is 2.77. The minimum atomic E-state index is -1.15. The zero-order chi connectivity index (χ0) is 17.6. The van der Waals surface area contributed by atoms with Crippen LogP contribution < -0.4 is 11.1 Å². The Morgan fingerprint density at radius 2 is 1.78 bits per heavy atom. The lowest BCUT2D eigenvalue weighted by Crippen LogP contribution is -2.45. The van der Waals surface area contributed by atoms with Gasteiger partial charge in [-0.05, 0) is 24.1 Å². The molecule has 0 fully saturated rings. The summed E-state index contributed by atoms with van der Waals surface area (Å²) in [7, 11) is 0. The first kappa shape index (κ1) is 19.0. The van der Waals surface area contributed by atoms with E-state index in [9.17, 15) is 14.4 Å². The molecule has 23 heavy (non-hydrogen) atoms. The Labute approximate surface area is 143 Å². The van der Waals surface area contributed by atoms with Crippen LogP contribution in [0.25, 0.3) is 6.08 Å². The molecule has 0 spiro atoms. The maximum Gasteiger partial charge on any atom is 0.331 e. The Kier molecular flexibility index (Phi) is 7.06. The quantitative estimate of drug-likeness (QED) is 0.624. The highest BCUT2D eigenvalue weighted by molar-refractivity contribution is 6.37. The van der Waals surface area contributed by atoms with Crippen LogP contribution >= 0.6 is 23.2 Å². The van der Waals surface area contributed by atoms with Gasteiger partial charge >= 0.3 is 12.0 Å². The molecule has 8 heteroatoms. The molecule has 0 unspecified atom stereocenters. The number of rotatable bonds is 5. The number of primary amides is 1. The summed E-state index contributed by atoms with van der Waals surface area (Å²) in [4.78, 5) is 34.3. The highest BCUT2D eigenvalue weighted by Crippen LogP contribution is 2.25. The normalized spacial score (nSPS) is 12.2. The molecule has 0 saturated heterocycles. The van der Waals surface area contributed by atoms with Gasteiger partial charge in [-0.3, -0.25) is 10.1 Å². The van der Waals surface area contributed by atoms with E-state index in [0.717, 1.165) is 6.08 Å². The molecule has 3 amide bonds. The molecule has 0 aliphatic heterocycles. The first-order valence-corrected chi connectivity index (χ1v) is 7.41. The van der Waals surface area contributed by atoms with E-state index in [-0.39, 0.29) is 5.92 Å². The number of hydrogen-bond acceptors (Lipinski definition) is 4. The molecule has 3 N–H and O–H groups in total. The van der Waals surface area contributed by atoms with Crippen molar-refractivity contribution in [1.82, 2.24) is 5.32 Å². The van der Waals surface area contributed by atoms with Gasteiger partial charge < -0.3 is 10.5 Å². The van der Waals surface area contributed by atoms with Gasteiger partial charge in [0.15, 0.2) is 6.10 Å². The monoisotopic (exact) mass is 358 g/mol. The van der Waals surface area contributed by atoms with E-state index < -0.39 is 24.0 Å². The molecule has 0 saturated carbocycles. The fraction of sp³-hybridized carbons (Fsp3) is 0.267. The van der Waals surface area contributed by atoms with Crippen LogP contribution in [-0.4, -0.2) is 24.0 Å². The van der Waals surface area contributed by atoms with Crippen LogP contribution in [0.15, 0.2) is 24.3 Å². The lowest BCUT2D eigenvalue weighted by atomic mass is 10.1. The van der Waals surface area contributed by atoms with Gasteiger partial charge in [-0.25, -0.2) is 9.59 Å². The van der Waals surface area contributed by atoms with Crippen molar-refractivity contribution in [2.24, 2.45) is 11.7 Å². The third kappa shape index (κ3) is 5.92. The number of hydrogen-bond donors (Lipinski definition) is 2. The van der Waals surface area contributed by atoms with Crippen molar-refractivity contribution in [2.75, 3.05) is 0 Å². The number of carbonyl (C=O) groups excluding carboxylic acids is 3. The van der Waals surface area contributed by atoms with Crippen molar-refractivity contribution in [1.29, 1.82) is 0 Å². The lowest BCUT2D eigenvalue weighted by Gasteiger charge is -2.18. The smallest absolute Gasteiger partial charge is 0.331 e. The number of nitrogens with two attached hydrogens (primary N) is 1. The number of amides is 3. The maximum absolute atomic E-state index is 11.9. The van der Waals surface area contributed by atoms with Crippen molar-refractivity contribution < 1.29 is 19.1 Å². The summed E-state index contributed by atoms with van der Waals surface area (Å²) in [6.07, 6.45) is 1.33. The standard InChI is InChI=1S/C15H16Cl2N2O4/c1-8(2)13(14(21)19-15(18)22)23-12(20)7-6-9-10(16)4-3-5-11(9)17/h3-8,13H,1-2H3,(H3,18,19,21,22)/b7-6+/t13-/m1/s1. The van der Waals surface area contributed by atoms with Crippen LogP contribution in [0.2, 0.25) is 10.0 Å². The number of benzene rings is 1. The van der Waals surface area contributed by atoms with Crippen molar-refractivity contribution in [3.63, 3.8) is 0 Å². The molecule has 0 aliphatic rings. The highest BCUT2D eigenvalue weighted by atomic mass is 35.5. The minimum absolute atomic E-state index is 0.351. The summed E-state index contributed by atoms with van der Waals surface area (Å²) >= 11 is 11.9. The largest absolute Gasteiger partial charge is 0.449 e. The maximum atomic E-state index is 11.9. The van der Waals surface area contributed by atoms with E-state index in [4.69, 9.17) is 33.7 Å². The average Bonchev–Trinajstić information content (AvgIpc) is 2.43. The Morgan fingerprint density at radius 3 is 2.26 bits per heavy atom. The molecule has 0 radical (unpaired) electrons. The van der Waals surface area contributed by atoms with Gasteiger partial charge in [0.05, 0.1) is 0 Å². The second-order valence-electron chi connectivity index (χ2n) is 4.92. The third-order valence-corrected chi connectivity index (χ3v) is 3.40. The van der Waals surface area contributed by atoms with Gasteiger partial charge in [-0.2, -0.15) is 0 Å². The van der Waals surface area contributed by atoms with Crippen LogP contribution in [0.5, 0.6) is 0 Å². The molecule has 0 aromatic heterocycles. The number of nitrogens with one attached hydrogen (secondary N) is 1. The summed E-state index contributed by atoms with van der Waals surface area (Å²) in [6, 6.07) is 3.89. The first-order chi connectivity index (χ1) is 10.7. The Balaban J connectivity index is 2.82. The summed E-state index contributed by atoms with van der Waals surface area (Å²) < 4.78 is 5.04. The fourth-order valence-electron chi connectivity index (χ4n) is 1.67. The van der Waals surface area contributed by atoms with Crippen LogP contribution in [0.4, 0.5) is 4.79 Å². The molecule has 1 atom stereocenters. The zero-order valence-corrected chi connectivity index (χ0v) is 14.0. The molecular formula is C15H16Cl2N2O4. The Bertz CT molecular complexity index is 624. The summed E-state index contributed by atoms with van der Waals surface area (Å²) in [5.74, 6) is -1.92. The summed E-state index contributed by atoms with van der Waals surface area (Å²) in [6.45, 7) is 3.32. The topological polar surface area (TPSA) is 98.5 Å². The minimum Gasteiger partial charge on any atom is -0.449 e. The van der Waals surface area contributed by atoms with Crippen LogP contribution in [0, 0.1) is 5.92 Å². The van der Waals surface area contributed by atoms with Gasteiger partial charge in [0, 0.05) is 21.7 Å². The van der Waals surface area contributed by atoms with E-state index >= 15 is 0 Å². The summed E-state index contributed by atoms with van der Waals surface area (Å²) in [5.41, 5.74) is 5.33. The van der Waals surface area contributed by atoms with E-state index in [2.05, 4.69) is 0 Å². The van der Waals surface area contributed by atoms with E-state index in [1.807, 2.05) is 5.32 Å². The molecule has 1 aromatic carbocycles. The molecule has 1 aromatic rings. The average molecular weight is 359 g/mol. The highest BCUT2D eigenvalue weighted by Gasteiger charge is 2.26. The first-order valence-electron chi connectivity index (χ1n) is 6.65. The second kappa shape index (κ2) is 8.55. The lowest BCUT2D eigenvalue weighted by molar-refractivity contribution is -0.153. The molecule has 0 aliphatic carbocycles. The molecule has 0 bridgehead atoms. The van der Waals surface area contributed by atoms with Gasteiger partial charge in [-0.1, -0.05) is 43.1 Å². The van der Waals surface area contributed by atoms with Gasteiger partial charge in [0.2, 0.25) is 0 Å². The van der Waals surface area contributed by atoms with Crippen molar-refractivity contribution >= 4 is 47.2 Å². The molecule has 124 valence electrons. The Hall–Kier alpha value is -2.05. The number of carbonyl (C=O) groups is 3. The molecular weight excluding hydrogens is 343 g/mol. The molecule has 6 nitrogen and oxygen atoms in total. The van der Waals surface area contributed by atoms with Gasteiger partial charge in [0.1, 0.15) is 0 Å². The number of esters is 1. The number of ether oxygens (including phenoxy) is 1. The predicted molar refractivity (Wildman–Crippen MR) is 87.9 cm³/mol. The number of urea groups is 1. The second-order valence-corrected chi connectivity index (χ2v) is 5.74. The van der Waals surface area contributed by atoms with E-state index in [1.54, 1.807) is 32.0 Å². The van der Waals surface area contributed by atoms with Crippen LogP contribution in [0.3, 0.4) is 0 Å². The summed E-state index contributed by atoms with van der Waals surface area (Å²) in [5, 5.41) is 2.62. The van der Waals surface area contributed by atoms with Gasteiger partial charge in [-0.15, -0.1) is 0 Å². The van der Waals surface area contributed by atoms with Crippen molar-refractivity contribution in [2.45, 2.75) is 20.0 Å². The number of halogens is 2. The zero-order valence-electron chi connectivity index (χ0n) is 12.5. The van der Waals surface area contributed by atoms with Crippen LogP contribution in [0.1, 0.15) is 19.4 Å².